The third-order valence-corrected chi connectivity index (χ3v) is 5.65. The highest BCUT2D eigenvalue weighted by Crippen LogP contribution is 2.30. The maximum atomic E-state index is 12.3. The van der Waals surface area contributed by atoms with Crippen LogP contribution in [0.15, 0.2) is 46.3 Å². The number of hydrogen-bond donors (Lipinski definition) is 1. The Morgan fingerprint density at radius 1 is 1.28 bits per heavy atom. The Hall–Kier alpha value is -2.09. The summed E-state index contributed by atoms with van der Waals surface area (Å²) < 4.78 is 31.0. The molecule has 0 aliphatic rings. The summed E-state index contributed by atoms with van der Waals surface area (Å²) in [4.78, 5) is 4.20. The third-order valence-electron chi connectivity index (χ3n) is 3.36. The van der Waals surface area contributed by atoms with Crippen molar-refractivity contribution in [2.24, 2.45) is 4.99 Å². The first-order valence-electron chi connectivity index (χ1n) is 7.48. The predicted octanol–water partition coefficient (Wildman–Crippen LogP) is 3.45. The molecular formula is C17H19ClN2O4S. The van der Waals surface area contributed by atoms with Crippen molar-refractivity contribution in [1.82, 2.24) is 4.31 Å². The molecular weight excluding hydrogens is 364 g/mol. The van der Waals surface area contributed by atoms with Gasteiger partial charge in [0.1, 0.15) is 4.90 Å². The summed E-state index contributed by atoms with van der Waals surface area (Å²) in [6.07, 6.45) is 1.44. The zero-order chi connectivity index (χ0) is 18.6. The predicted molar refractivity (Wildman–Crippen MR) is 98.9 cm³/mol. The molecule has 0 heterocycles. The molecule has 0 saturated carbocycles. The standard InChI is InChI=1S/C17H19ClN2O4S/c1-4-24-15-7-5-6-12(17(15)21)11-19-13-8-9-14(18)16(10-13)25(22,23)20(2)3/h5-11,21H,4H2,1-3H3. The molecule has 0 spiro atoms. The molecule has 0 bridgehead atoms. The van der Waals surface area contributed by atoms with Gasteiger partial charge in [0.25, 0.3) is 0 Å². The minimum absolute atomic E-state index is 0.0248. The van der Waals surface area contributed by atoms with Crippen LogP contribution in [0.2, 0.25) is 5.02 Å². The van der Waals surface area contributed by atoms with Crippen LogP contribution < -0.4 is 4.74 Å². The van der Waals surface area contributed by atoms with Crippen molar-refractivity contribution >= 4 is 33.5 Å². The van der Waals surface area contributed by atoms with E-state index in [1.807, 2.05) is 6.92 Å². The number of benzene rings is 2. The SMILES string of the molecule is CCOc1cccc(C=Nc2ccc(Cl)c(S(=O)(=O)N(C)C)c2)c1O. The lowest BCUT2D eigenvalue weighted by Crippen LogP contribution is -2.22. The summed E-state index contributed by atoms with van der Waals surface area (Å²) >= 11 is 6.01. The quantitative estimate of drug-likeness (QED) is 0.776. The Bertz CT molecular complexity index is 896. The van der Waals surface area contributed by atoms with Crippen LogP contribution >= 0.6 is 11.6 Å². The largest absolute Gasteiger partial charge is 0.504 e. The van der Waals surface area contributed by atoms with E-state index in [0.29, 0.717) is 23.6 Å². The second-order valence-corrected chi connectivity index (χ2v) is 7.81. The average Bonchev–Trinajstić information content (AvgIpc) is 2.56. The van der Waals surface area contributed by atoms with Crippen LogP contribution in [-0.4, -0.2) is 44.7 Å². The van der Waals surface area contributed by atoms with Crippen molar-refractivity contribution in [3.05, 3.63) is 47.0 Å². The first-order valence-corrected chi connectivity index (χ1v) is 9.30. The maximum absolute atomic E-state index is 12.3. The van der Waals surface area contributed by atoms with Gasteiger partial charge in [-0.3, -0.25) is 4.99 Å². The van der Waals surface area contributed by atoms with Crippen LogP contribution in [0.25, 0.3) is 0 Å². The second kappa shape index (κ2) is 7.86. The lowest BCUT2D eigenvalue weighted by atomic mass is 10.2. The van der Waals surface area contributed by atoms with Gasteiger partial charge < -0.3 is 9.84 Å². The molecule has 0 aliphatic carbocycles. The van der Waals surface area contributed by atoms with Crippen molar-refractivity contribution in [1.29, 1.82) is 0 Å². The number of nitrogens with zero attached hydrogens (tertiary/aromatic N) is 2. The molecule has 2 rings (SSSR count). The molecule has 6 nitrogen and oxygen atoms in total. The van der Waals surface area contributed by atoms with Gasteiger partial charge in [-0.1, -0.05) is 17.7 Å². The van der Waals surface area contributed by atoms with Gasteiger partial charge in [0, 0.05) is 25.9 Å². The summed E-state index contributed by atoms with van der Waals surface area (Å²) in [6.45, 7) is 2.25. The Labute approximate surface area is 152 Å². The summed E-state index contributed by atoms with van der Waals surface area (Å²) in [5, 5.41) is 10.3. The highest BCUT2D eigenvalue weighted by atomic mass is 35.5. The zero-order valence-corrected chi connectivity index (χ0v) is 15.7. The number of para-hydroxylation sites is 1. The van der Waals surface area contributed by atoms with Gasteiger partial charge in [-0.15, -0.1) is 0 Å². The van der Waals surface area contributed by atoms with E-state index < -0.39 is 10.0 Å². The van der Waals surface area contributed by atoms with Gasteiger partial charge >= 0.3 is 0 Å². The third kappa shape index (κ3) is 4.31. The van der Waals surface area contributed by atoms with E-state index in [1.165, 1.54) is 32.4 Å². The van der Waals surface area contributed by atoms with Crippen LogP contribution in [0.1, 0.15) is 12.5 Å². The first-order chi connectivity index (χ1) is 11.8. The van der Waals surface area contributed by atoms with Crippen LogP contribution in [0.3, 0.4) is 0 Å². The van der Waals surface area contributed by atoms with Crippen molar-refractivity contribution in [2.45, 2.75) is 11.8 Å². The number of halogens is 1. The van der Waals surface area contributed by atoms with Gasteiger partial charge in [-0.05, 0) is 37.3 Å². The molecule has 8 heteroatoms. The first kappa shape index (κ1) is 19.2. The number of aromatic hydroxyl groups is 1. The van der Waals surface area contributed by atoms with Crippen LogP contribution in [-0.2, 0) is 10.0 Å². The fraction of sp³-hybridized carbons (Fsp3) is 0.235. The molecule has 0 unspecified atom stereocenters. The van der Waals surface area contributed by atoms with Gasteiger partial charge in [-0.25, -0.2) is 12.7 Å². The van der Waals surface area contributed by atoms with Gasteiger partial charge in [0.05, 0.1) is 17.3 Å². The van der Waals surface area contributed by atoms with E-state index in [1.54, 1.807) is 24.3 Å². The lowest BCUT2D eigenvalue weighted by molar-refractivity contribution is 0.318. The lowest BCUT2D eigenvalue weighted by Gasteiger charge is -2.13. The molecule has 0 aliphatic heterocycles. The number of sulfonamides is 1. The van der Waals surface area contributed by atoms with Gasteiger partial charge in [-0.2, -0.15) is 0 Å². The summed E-state index contributed by atoms with van der Waals surface area (Å²) in [7, 11) is -0.818. The van der Waals surface area contributed by atoms with E-state index in [2.05, 4.69) is 4.99 Å². The Morgan fingerprint density at radius 2 is 2.00 bits per heavy atom. The van der Waals surface area contributed by atoms with Crippen molar-refractivity contribution in [2.75, 3.05) is 20.7 Å². The van der Waals surface area contributed by atoms with Crippen LogP contribution in [0, 0.1) is 0 Å². The van der Waals surface area contributed by atoms with Crippen LogP contribution in [0.4, 0.5) is 5.69 Å². The molecule has 0 atom stereocenters. The molecule has 2 aromatic carbocycles. The van der Waals surface area contributed by atoms with E-state index >= 15 is 0 Å². The molecule has 0 saturated heterocycles. The fourth-order valence-corrected chi connectivity index (χ4v) is 3.41. The topological polar surface area (TPSA) is 79.2 Å². The van der Waals surface area contributed by atoms with Crippen molar-refractivity contribution < 1.29 is 18.3 Å². The number of hydrogen-bond acceptors (Lipinski definition) is 5. The second-order valence-electron chi connectivity index (χ2n) is 5.29. The number of aliphatic imine (C=N–C) groups is 1. The van der Waals surface area contributed by atoms with E-state index in [9.17, 15) is 13.5 Å². The van der Waals surface area contributed by atoms with Crippen LogP contribution in [0.5, 0.6) is 11.5 Å². The molecule has 0 amide bonds. The average molecular weight is 383 g/mol. The molecule has 2 aromatic rings. The Morgan fingerprint density at radius 3 is 2.64 bits per heavy atom. The highest BCUT2D eigenvalue weighted by molar-refractivity contribution is 7.89. The monoisotopic (exact) mass is 382 g/mol. The highest BCUT2D eigenvalue weighted by Gasteiger charge is 2.21. The summed E-state index contributed by atoms with van der Waals surface area (Å²) in [5.74, 6) is 0.335. The smallest absolute Gasteiger partial charge is 0.244 e. The van der Waals surface area contributed by atoms with E-state index in [0.717, 1.165) is 4.31 Å². The summed E-state index contributed by atoms with van der Waals surface area (Å²) in [5.41, 5.74) is 0.851. The Kier molecular flexibility index (Phi) is 6.05. The number of phenolic OH excluding ortho intramolecular Hbond substituents is 1. The fourth-order valence-electron chi connectivity index (χ4n) is 2.03. The molecule has 134 valence electrons. The molecule has 0 radical (unpaired) electrons. The number of rotatable bonds is 6. The minimum Gasteiger partial charge on any atom is -0.504 e. The Balaban J connectivity index is 2.39. The zero-order valence-electron chi connectivity index (χ0n) is 14.1. The maximum Gasteiger partial charge on any atom is 0.244 e. The molecule has 0 aromatic heterocycles. The molecule has 1 N–H and O–H groups in total. The normalized spacial score (nSPS) is 12.0. The van der Waals surface area contributed by atoms with Gasteiger partial charge in [0.15, 0.2) is 11.5 Å². The van der Waals surface area contributed by atoms with Gasteiger partial charge in [0.2, 0.25) is 10.0 Å². The van der Waals surface area contributed by atoms with Crippen molar-refractivity contribution in [3.63, 3.8) is 0 Å². The van der Waals surface area contributed by atoms with E-state index in [-0.39, 0.29) is 15.7 Å². The molecule has 0 fully saturated rings. The minimum atomic E-state index is -3.68. The number of ether oxygens (including phenoxy) is 1. The number of phenols is 1. The van der Waals surface area contributed by atoms with Crippen molar-refractivity contribution in [3.8, 4) is 11.5 Å². The summed E-state index contributed by atoms with van der Waals surface area (Å²) in [6, 6.07) is 9.51. The molecule has 25 heavy (non-hydrogen) atoms. The van der Waals surface area contributed by atoms with E-state index in [4.69, 9.17) is 16.3 Å².